The van der Waals surface area contributed by atoms with E-state index in [4.69, 9.17) is 0 Å². The van der Waals surface area contributed by atoms with Gasteiger partial charge in [-0.3, -0.25) is 5.10 Å². The molecule has 1 heterocycles. The molecule has 0 bridgehead atoms. The molecule has 0 amide bonds. The molecule has 2 rings (SSSR count). The molecule has 3 nitrogen and oxygen atoms in total. The molecule has 0 saturated carbocycles. The summed E-state index contributed by atoms with van der Waals surface area (Å²) in [6.45, 7) is 0. The van der Waals surface area contributed by atoms with Crippen molar-refractivity contribution in [2.24, 2.45) is 0 Å². The first kappa shape index (κ1) is 13.4. The van der Waals surface area contributed by atoms with Crippen molar-refractivity contribution >= 4 is 27.7 Å². The second kappa shape index (κ2) is 5.31. The third kappa shape index (κ3) is 3.49. The van der Waals surface area contributed by atoms with E-state index >= 15 is 0 Å². The lowest BCUT2D eigenvalue weighted by molar-refractivity contribution is -0.144. The van der Waals surface area contributed by atoms with Gasteiger partial charge in [-0.05, 0) is 17.7 Å². The molecule has 8 heteroatoms. The average molecular weight is 338 g/mol. The molecular formula is C10H7BrF3N3S. The monoisotopic (exact) mass is 337 g/mol. The van der Waals surface area contributed by atoms with Crippen molar-refractivity contribution in [2.45, 2.75) is 17.1 Å². The Kier molecular flexibility index (Phi) is 3.96. The number of hydrogen-bond acceptors (Lipinski definition) is 3. The van der Waals surface area contributed by atoms with Gasteiger partial charge in [-0.1, -0.05) is 39.8 Å². The lowest BCUT2D eigenvalue weighted by atomic mass is 10.2. The van der Waals surface area contributed by atoms with Crippen molar-refractivity contribution in [1.29, 1.82) is 0 Å². The van der Waals surface area contributed by atoms with E-state index < -0.39 is 12.0 Å². The first-order chi connectivity index (χ1) is 8.45. The number of aromatic nitrogens is 3. The lowest BCUT2D eigenvalue weighted by Gasteiger charge is -1.99. The summed E-state index contributed by atoms with van der Waals surface area (Å²) in [5, 5.41) is 5.48. The van der Waals surface area contributed by atoms with E-state index in [-0.39, 0.29) is 5.16 Å². The van der Waals surface area contributed by atoms with Gasteiger partial charge in [-0.2, -0.15) is 18.2 Å². The number of hydrogen-bond donors (Lipinski definition) is 1. The van der Waals surface area contributed by atoms with Crippen LogP contribution in [0.1, 0.15) is 11.4 Å². The summed E-state index contributed by atoms with van der Waals surface area (Å²) in [6.07, 6.45) is -4.48. The molecule has 2 aromatic rings. The molecular weight excluding hydrogens is 331 g/mol. The van der Waals surface area contributed by atoms with Crippen LogP contribution in [0, 0.1) is 0 Å². The van der Waals surface area contributed by atoms with Gasteiger partial charge in [0.1, 0.15) is 0 Å². The molecule has 0 radical (unpaired) electrons. The fraction of sp³-hybridized carbons (Fsp3) is 0.200. The fourth-order valence-corrected chi connectivity index (χ4v) is 2.40. The average Bonchev–Trinajstić information content (AvgIpc) is 2.74. The summed E-state index contributed by atoms with van der Waals surface area (Å²) in [4.78, 5) is 3.38. The maximum Gasteiger partial charge on any atom is 0.451 e. The summed E-state index contributed by atoms with van der Waals surface area (Å²) >= 11 is 4.47. The van der Waals surface area contributed by atoms with Gasteiger partial charge in [-0.15, -0.1) is 5.10 Å². The lowest BCUT2D eigenvalue weighted by Crippen LogP contribution is -2.07. The molecule has 0 aliphatic heterocycles. The Balaban J connectivity index is 2.01. The van der Waals surface area contributed by atoms with Gasteiger partial charge < -0.3 is 0 Å². The number of thioether (sulfide) groups is 1. The van der Waals surface area contributed by atoms with Crippen LogP contribution in [0.15, 0.2) is 33.9 Å². The van der Waals surface area contributed by atoms with Gasteiger partial charge in [-0.25, -0.2) is 0 Å². The number of H-pyrrole nitrogens is 1. The predicted molar refractivity (Wildman–Crippen MR) is 65.1 cm³/mol. The molecule has 18 heavy (non-hydrogen) atoms. The van der Waals surface area contributed by atoms with Crippen molar-refractivity contribution in [3.63, 3.8) is 0 Å². The molecule has 0 aliphatic carbocycles. The molecule has 0 atom stereocenters. The normalized spacial score (nSPS) is 11.8. The van der Waals surface area contributed by atoms with Crippen LogP contribution >= 0.6 is 27.7 Å². The Morgan fingerprint density at radius 1 is 1.33 bits per heavy atom. The van der Waals surface area contributed by atoms with Gasteiger partial charge in [0.25, 0.3) is 0 Å². The third-order valence-electron chi connectivity index (χ3n) is 1.99. The second-order valence-electron chi connectivity index (χ2n) is 3.38. The van der Waals surface area contributed by atoms with Crippen molar-refractivity contribution in [3.05, 3.63) is 40.1 Å². The molecule has 1 aromatic heterocycles. The van der Waals surface area contributed by atoms with Crippen LogP contribution in [-0.2, 0) is 11.9 Å². The van der Waals surface area contributed by atoms with E-state index in [2.05, 4.69) is 26.0 Å². The Morgan fingerprint density at radius 2 is 2.11 bits per heavy atom. The largest absolute Gasteiger partial charge is 0.451 e. The number of benzene rings is 1. The zero-order chi connectivity index (χ0) is 13.2. The Hall–Kier alpha value is -1.02. The van der Waals surface area contributed by atoms with Crippen molar-refractivity contribution < 1.29 is 13.2 Å². The number of halogens is 4. The minimum Gasteiger partial charge on any atom is -0.254 e. The summed E-state index contributed by atoms with van der Waals surface area (Å²) < 4.78 is 37.7. The SMILES string of the molecule is FC(F)(F)c1nc(SCc2cccc(Br)c2)n[nH]1. The Morgan fingerprint density at radius 3 is 2.72 bits per heavy atom. The quantitative estimate of drug-likeness (QED) is 0.864. The van der Waals surface area contributed by atoms with Crippen molar-refractivity contribution in [1.82, 2.24) is 15.2 Å². The standard InChI is InChI=1S/C10H7BrF3N3S/c11-7-3-1-2-6(4-7)5-18-9-15-8(16-17-9)10(12,13)14/h1-4H,5H2,(H,15,16,17). The number of nitrogens with zero attached hydrogens (tertiary/aromatic N) is 2. The molecule has 96 valence electrons. The van der Waals surface area contributed by atoms with E-state index in [0.29, 0.717) is 5.75 Å². The van der Waals surface area contributed by atoms with Gasteiger partial charge in [0.15, 0.2) is 0 Å². The maximum atomic E-state index is 12.3. The van der Waals surface area contributed by atoms with E-state index in [0.717, 1.165) is 21.8 Å². The summed E-state index contributed by atoms with van der Waals surface area (Å²) in [5.74, 6) is -0.562. The van der Waals surface area contributed by atoms with Crippen LogP contribution in [0.4, 0.5) is 13.2 Å². The van der Waals surface area contributed by atoms with Crippen LogP contribution in [-0.4, -0.2) is 15.2 Å². The van der Waals surface area contributed by atoms with E-state index in [1.54, 1.807) is 0 Å². The summed E-state index contributed by atoms with van der Waals surface area (Å²) in [5.41, 5.74) is 0.979. The number of rotatable bonds is 3. The number of alkyl halides is 3. The first-order valence-corrected chi connectivity index (χ1v) is 6.60. The van der Waals surface area contributed by atoms with E-state index in [9.17, 15) is 13.2 Å². The summed E-state index contributed by atoms with van der Waals surface area (Å²) in [7, 11) is 0. The predicted octanol–water partition coefficient (Wildman–Crippen LogP) is 3.88. The third-order valence-corrected chi connectivity index (χ3v) is 3.40. The fourth-order valence-electron chi connectivity index (χ4n) is 1.21. The second-order valence-corrected chi connectivity index (χ2v) is 5.24. The van der Waals surface area contributed by atoms with Crippen LogP contribution in [0.3, 0.4) is 0 Å². The van der Waals surface area contributed by atoms with Crippen LogP contribution in [0.2, 0.25) is 0 Å². The molecule has 0 spiro atoms. The molecule has 0 fully saturated rings. The Labute approximate surface area is 113 Å². The van der Waals surface area contributed by atoms with Crippen LogP contribution in [0.5, 0.6) is 0 Å². The van der Waals surface area contributed by atoms with Crippen molar-refractivity contribution in [2.75, 3.05) is 0 Å². The zero-order valence-corrected chi connectivity index (χ0v) is 11.2. The number of aromatic amines is 1. The topological polar surface area (TPSA) is 41.6 Å². The Bertz CT molecular complexity index is 541. The van der Waals surface area contributed by atoms with E-state index in [1.807, 2.05) is 29.4 Å². The first-order valence-electron chi connectivity index (χ1n) is 4.82. The highest BCUT2D eigenvalue weighted by Gasteiger charge is 2.35. The van der Waals surface area contributed by atoms with E-state index in [1.165, 1.54) is 0 Å². The number of nitrogens with one attached hydrogen (secondary N) is 1. The summed E-state index contributed by atoms with van der Waals surface area (Å²) in [6, 6.07) is 7.52. The zero-order valence-electron chi connectivity index (χ0n) is 8.83. The highest BCUT2D eigenvalue weighted by atomic mass is 79.9. The molecule has 1 N–H and O–H groups in total. The van der Waals surface area contributed by atoms with Gasteiger partial charge >= 0.3 is 6.18 Å². The van der Waals surface area contributed by atoms with Crippen LogP contribution < -0.4 is 0 Å². The minimum absolute atomic E-state index is 0.0855. The van der Waals surface area contributed by atoms with Crippen LogP contribution in [0.25, 0.3) is 0 Å². The van der Waals surface area contributed by atoms with Gasteiger partial charge in [0.05, 0.1) is 0 Å². The minimum atomic E-state index is -4.48. The van der Waals surface area contributed by atoms with Gasteiger partial charge in [0.2, 0.25) is 11.0 Å². The molecule has 0 unspecified atom stereocenters. The van der Waals surface area contributed by atoms with Gasteiger partial charge in [0, 0.05) is 10.2 Å². The smallest absolute Gasteiger partial charge is 0.254 e. The van der Waals surface area contributed by atoms with Crippen molar-refractivity contribution in [3.8, 4) is 0 Å². The highest BCUT2D eigenvalue weighted by molar-refractivity contribution is 9.10. The maximum absolute atomic E-state index is 12.3. The molecule has 1 aromatic carbocycles. The molecule has 0 saturated heterocycles. The molecule has 0 aliphatic rings. The highest BCUT2D eigenvalue weighted by Crippen LogP contribution is 2.28.